The van der Waals surface area contributed by atoms with E-state index in [9.17, 15) is 4.79 Å². The zero-order valence-corrected chi connectivity index (χ0v) is 13.0. The largest absolute Gasteiger partial charge is 0.396 e. The number of nitrogens with one attached hydrogen (secondary N) is 1. The Bertz CT molecular complexity index is 662. The summed E-state index contributed by atoms with van der Waals surface area (Å²) in [7, 11) is 0. The normalized spacial score (nSPS) is 21.5. The first-order valence-electron chi connectivity index (χ1n) is 8.07. The molecule has 1 fully saturated rings. The lowest BCUT2D eigenvalue weighted by Gasteiger charge is -2.11. The van der Waals surface area contributed by atoms with E-state index in [2.05, 4.69) is 41.7 Å². The van der Waals surface area contributed by atoms with Crippen LogP contribution in [0.1, 0.15) is 31.2 Å². The fourth-order valence-corrected chi connectivity index (χ4v) is 3.13. The van der Waals surface area contributed by atoms with E-state index in [1.165, 1.54) is 16.3 Å². The van der Waals surface area contributed by atoms with Crippen LogP contribution in [0.4, 0.5) is 0 Å². The molecule has 2 aromatic carbocycles. The van der Waals surface area contributed by atoms with Gasteiger partial charge in [0.05, 0.1) is 0 Å². The highest BCUT2D eigenvalue weighted by atomic mass is 16.3. The molecule has 0 heterocycles. The molecule has 0 spiro atoms. The first kappa shape index (κ1) is 15.0. The highest BCUT2D eigenvalue weighted by molar-refractivity contribution is 5.89. The Hall–Kier alpha value is -1.87. The van der Waals surface area contributed by atoms with Crippen LogP contribution in [0.3, 0.4) is 0 Å². The summed E-state index contributed by atoms with van der Waals surface area (Å²) >= 11 is 0. The minimum atomic E-state index is 0.104. The minimum absolute atomic E-state index is 0.104. The molecule has 116 valence electrons. The van der Waals surface area contributed by atoms with Crippen molar-refractivity contribution < 1.29 is 9.90 Å². The molecule has 3 rings (SSSR count). The van der Waals surface area contributed by atoms with Gasteiger partial charge in [0, 0.05) is 19.1 Å². The number of carbonyl (C=O) groups is 1. The van der Waals surface area contributed by atoms with E-state index in [-0.39, 0.29) is 18.4 Å². The first-order chi connectivity index (χ1) is 10.7. The van der Waals surface area contributed by atoms with Gasteiger partial charge in [-0.05, 0) is 41.0 Å². The van der Waals surface area contributed by atoms with Crippen molar-refractivity contribution in [2.24, 2.45) is 11.8 Å². The van der Waals surface area contributed by atoms with Gasteiger partial charge in [0.25, 0.3) is 0 Å². The molecule has 2 aromatic rings. The number of aliphatic hydroxyl groups excluding tert-OH is 1. The SMILES string of the molecule is CC(CCO)CNC(=O)C1CC1c1cccc2ccccc12. The maximum atomic E-state index is 12.3. The molecule has 3 unspecified atom stereocenters. The van der Waals surface area contributed by atoms with E-state index in [0.29, 0.717) is 18.4 Å². The second kappa shape index (κ2) is 6.49. The van der Waals surface area contributed by atoms with Crippen molar-refractivity contribution in [2.75, 3.05) is 13.2 Å². The quantitative estimate of drug-likeness (QED) is 0.861. The minimum Gasteiger partial charge on any atom is -0.396 e. The number of fused-ring (bicyclic) bond motifs is 1. The van der Waals surface area contributed by atoms with Gasteiger partial charge in [-0.1, -0.05) is 49.4 Å². The first-order valence-corrected chi connectivity index (χ1v) is 8.07. The van der Waals surface area contributed by atoms with E-state index in [0.717, 1.165) is 12.8 Å². The van der Waals surface area contributed by atoms with Gasteiger partial charge in [0.2, 0.25) is 5.91 Å². The summed E-state index contributed by atoms with van der Waals surface area (Å²) in [5.74, 6) is 0.929. The van der Waals surface area contributed by atoms with E-state index in [1.54, 1.807) is 0 Å². The summed E-state index contributed by atoms with van der Waals surface area (Å²) in [6.45, 7) is 2.88. The molecule has 2 N–H and O–H groups in total. The van der Waals surface area contributed by atoms with Crippen LogP contribution in [0.25, 0.3) is 10.8 Å². The van der Waals surface area contributed by atoms with Crippen molar-refractivity contribution in [1.82, 2.24) is 5.32 Å². The molecule has 22 heavy (non-hydrogen) atoms. The lowest BCUT2D eigenvalue weighted by molar-refractivity contribution is -0.122. The number of carbonyl (C=O) groups excluding carboxylic acids is 1. The fraction of sp³-hybridized carbons (Fsp3) is 0.421. The highest BCUT2D eigenvalue weighted by Crippen LogP contribution is 2.49. The molecule has 0 aromatic heterocycles. The second-order valence-electron chi connectivity index (χ2n) is 6.38. The van der Waals surface area contributed by atoms with E-state index < -0.39 is 0 Å². The highest BCUT2D eigenvalue weighted by Gasteiger charge is 2.44. The van der Waals surface area contributed by atoms with Gasteiger partial charge in [0.1, 0.15) is 0 Å². The van der Waals surface area contributed by atoms with E-state index in [4.69, 9.17) is 5.11 Å². The molecule has 3 nitrogen and oxygen atoms in total. The molecular weight excluding hydrogens is 274 g/mol. The van der Waals surface area contributed by atoms with Crippen LogP contribution in [0.5, 0.6) is 0 Å². The predicted octanol–water partition coefficient (Wildman–Crippen LogP) is 3.08. The second-order valence-corrected chi connectivity index (χ2v) is 6.38. The van der Waals surface area contributed by atoms with Gasteiger partial charge >= 0.3 is 0 Å². The van der Waals surface area contributed by atoms with Crippen molar-refractivity contribution in [2.45, 2.75) is 25.7 Å². The summed E-state index contributed by atoms with van der Waals surface area (Å²) < 4.78 is 0. The van der Waals surface area contributed by atoms with Crippen molar-refractivity contribution in [1.29, 1.82) is 0 Å². The molecule has 0 saturated heterocycles. The fourth-order valence-electron chi connectivity index (χ4n) is 3.13. The average molecular weight is 297 g/mol. The third-order valence-electron chi connectivity index (χ3n) is 4.60. The molecule has 1 amide bonds. The zero-order valence-electron chi connectivity index (χ0n) is 13.0. The van der Waals surface area contributed by atoms with Gasteiger partial charge < -0.3 is 10.4 Å². The number of benzene rings is 2. The number of rotatable bonds is 6. The van der Waals surface area contributed by atoms with Gasteiger partial charge in [-0.15, -0.1) is 0 Å². The molecule has 1 saturated carbocycles. The Morgan fingerprint density at radius 3 is 2.86 bits per heavy atom. The maximum Gasteiger partial charge on any atom is 0.223 e. The van der Waals surface area contributed by atoms with E-state index >= 15 is 0 Å². The standard InChI is InChI=1S/C19H23NO2/c1-13(9-10-21)12-20-19(22)18-11-17(18)16-8-4-6-14-5-2-3-7-15(14)16/h2-8,13,17-18,21H,9-12H2,1H3,(H,20,22). The molecule has 0 aliphatic heterocycles. The molecule has 1 aliphatic carbocycles. The van der Waals surface area contributed by atoms with Gasteiger partial charge in [0.15, 0.2) is 0 Å². The number of amides is 1. The van der Waals surface area contributed by atoms with Gasteiger partial charge in [-0.3, -0.25) is 4.79 Å². The zero-order chi connectivity index (χ0) is 15.5. The average Bonchev–Trinajstić information content (AvgIpc) is 3.33. The Morgan fingerprint density at radius 1 is 1.27 bits per heavy atom. The lowest BCUT2D eigenvalue weighted by Crippen LogP contribution is -2.30. The predicted molar refractivity (Wildman–Crippen MR) is 88.7 cm³/mol. The third-order valence-corrected chi connectivity index (χ3v) is 4.60. The molecular formula is C19H23NO2. The van der Waals surface area contributed by atoms with Crippen LogP contribution in [0.2, 0.25) is 0 Å². The summed E-state index contributed by atoms with van der Waals surface area (Å²) in [4.78, 5) is 12.3. The molecule has 1 aliphatic rings. The number of aliphatic hydroxyl groups is 1. The number of hydrogen-bond acceptors (Lipinski definition) is 2. The molecule has 0 radical (unpaired) electrons. The summed E-state index contributed by atoms with van der Waals surface area (Å²) in [5.41, 5.74) is 1.29. The molecule has 3 heteroatoms. The Morgan fingerprint density at radius 2 is 2.05 bits per heavy atom. The van der Waals surface area contributed by atoms with Crippen LogP contribution in [0, 0.1) is 11.8 Å². The Kier molecular flexibility index (Phi) is 4.44. The van der Waals surface area contributed by atoms with Crippen LogP contribution in [0.15, 0.2) is 42.5 Å². The maximum absolute atomic E-state index is 12.3. The summed E-state index contributed by atoms with van der Waals surface area (Å²) in [5, 5.41) is 14.4. The van der Waals surface area contributed by atoms with Crippen LogP contribution in [-0.2, 0) is 4.79 Å². The topological polar surface area (TPSA) is 49.3 Å². The Labute approximate surface area is 131 Å². The van der Waals surface area contributed by atoms with Crippen molar-refractivity contribution in [3.8, 4) is 0 Å². The monoisotopic (exact) mass is 297 g/mol. The molecule has 0 bridgehead atoms. The lowest BCUT2D eigenvalue weighted by atomic mass is 10.00. The van der Waals surface area contributed by atoms with Crippen molar-refractivity contribution in [3.05, 3.63) is 48.0 Å². The van der Waals surface area contributed by atoms with Gasteiger partial charge in [-0.2, -0.15) is 0 Å². The third kappa shape index (κ3) is 3.14. The van der Waals surface area contributed by atoms with Gasteiger partial charge in [-0.25, -0.2) is 0 Å². The molecule has 3 atom stereocenters. The smallest absolute Gasteiger partial charge is 0.223 e. The Balaban J connectivity index is 1.65. The van der Waals surface area contributed by atoms with Crippen LogP contribution in [-0.4, -0.2) is 24.2 Å². The van der Waals surface area contributed by atoms with Crippen LogP contribution < -0.4 is 5.32 Å². The number of hydrogen-bond donors (Lipinski definition) is 2. The summed E-state index contributed by atoms with van der Waals surface area (Å²) in [6.07, 6.45) is 1.67. The van der Waals surface area contributed by atoms with E-state index in [1.807, 2.05) is 13.0 Å². The van der Waals surface area contributed by atoms with Crippen molar-refractivity contribution >= 4 is 16.7 Å². The summed E-state index contributed by atoms with van der Waals surface area (Å²) in [6, 6.07) is 14.7. The van der Waals surface area contributed by atoms with Crippen molar-refractivity contribution in [3.63, 3.8) is 0 Å². The van der Waals surface area contributed by atoms with Crippen LogP contribution >= 0.6 is 0 Å².